The minimum atomic E-state index is -1.66. The largest absolute Gasteiger partial charge is 0.394 e. The van der Waals surface area contributed by atoms with Gasteiger partial charge in [-0.3, -0.25) is 4.79 Å². The van der Waals surface area contributed by atoms with Gasteiger partial charge in [0.15, 0.2) is 6.29 Å². The van der Waals surface area contributed by atoms with Gasteiger partial charge in [0.05, 0.1) is 25.4 Å². The summed E-state index contributed by atoms with van der Waals surface area (Å²) in [6, 6.07) is -1.16. The zero-order valence-electron chi connectivity index (χ0n) is 33.9. The quantitative estimate of drug-likeness (QED) is 0.0346. The standard InChI is InChI=1S/C42H83NO10/c1-4-6-7-8-9-10-11-12-15-19-22-25-29-35(46)41(51)43-33(31-52-42-40(50)39(49)38(48)36(30-44)53-42)37(47)34(45)28-24-21-18-16-13-14-17-20-23-27-32(3)26-5-2/h32-40,42,44-50H,4-31H2,1-3H3,(H,43,51). The predicted octanol–water partition coefficient (Wildman–Crippen LogP) is 6.19. The summed E-state index contributed by atoms with van der Waals surface area (Å²) in [5, 5.41) is 75.5. The third-order valence-corrected chi connectivity index (χ3v) is 11.0. The number of ether oxygens (including phenoxy) is 2. The second kappa shape index (κ2) is 32.2. The molecule has 1 amide bonds. The molecule has 11 nitrogen and oxygen atoms in total. The number of carbonyl (C=O) groups excluding carboxylic acids is 1. The van der Waals surface area contributed by atoms with Gasteiger partial charge in [0.25, 0.3) is 0 Å². The molecule has 1 heterocycles. The molecular weight excluding hydrogens is 678 g/mol. The maximum atomic E-state index is 13.0. The van der Waals surface area contributed by atoms with Crippen LogP contribution >= 0.6 is 0 Å². The van der Waals surface area contributed by atoms with Gasteiger partial charge in [-0.15, -0.1) is 0 Å². The second-order valence-electron chi connectivity index (χ2n) is 16.1. The van der Waals surface area contributed by atoms with Crippen molar-refractivity contribution in [3.8, 4) is 0 Å². The first-order valence-electron chi connectivity index (χ1n) is 21.8. The minimum Gasteiger partial charge on any atom is -0.394 e. The molecule has 0 aromatic heterocycles. The summed E-state index contributed by atoms with van der Waals surface area (Å²) < 4.78 is 11.1. The Bertz CT molecular complexity index is 851. The topological polar surface area (TPSA) is 189 Å². The smallest absolute Gasteiger partial charge is 0.249 e. The fourth-order valence-electron chi connectivity index (χ4n) is 7.38. The lowest BCUT2D eigenvalue weighted by Gasteiger charge is -2.40. The minimum absolute atomic E-state index is 0.264. The summed E-state index contributed by atoms with van der Waals surface area (Å²) in [5.74, 6) is 0.133. The fourth-order valence-corrected chi connectivity index (χ4v) is 7.38. The SMILES string of the molecule is CCCCCCCCCCCCCCC(O)C(=O)NC(COC1OC(CO)C(O)C(O)C1O)C(O)C(O)CCCCCCCCCCCC(C)CCC. The highest BCUT2D eigenvalue weighted by Gasteiger charge is 2.44. The molecule has 1 aliphatic rings. The van der Waals surface area contributed by atoms with E-state index in [2.05, 4.69) is 26.1 Å². The van der Waals surface area contributed by atoms with Gasteiger partial charge in [0, 0.05) is 0 Å². The lowest BCUT2D eigenvalue weighted by Crippen LogP contribution is -2.60. The lowest BCUT2D eigenvalue weighted by atomic mass is 9.97. The van der Waals surface area contributed by atoms with Crippen LogP contribution in [0.25, 0.3) is 0 Å². The molecule has 10 atom stereocenters. The number of unbranched alkanes of at least 4 members (excludes halogenated alkanes) is 19. The number of hydrogen-bond donors (Lipinski definition) is 8. The molecule has 0 radical (unpaired) electrons. The van der Waals surface area contributed by atoms with Gasteiger partial charge in [-0.05, 0) is 18.8 Å². The Labute approximate surface area is 322 Å². The normalized spacial score (nSPS) is 23.4. The van der Waals surface area contributed by atoms with E-state index >= 15 is 0 Å². The van der Waals surface area contributed by atoms with E-state index < -0.39 is 74.2 Å². The van der Waals surface area contributed by atoms with Gasteiger partial charge >= 0.3 is 0 Å². The summed E-state index contributed by atoms with van der Waals surface area (Å²) in [6.07, 6.45) is 17.2. The first kappa shape index (κ1) is 50.1. The first-order valence-corrected chi connectivity index (χ1v) is 21.8. The van der Waals surface area contributed by atoms with Crippen molar-refractivity contribution in [3.05, 3.63) is 0 Å². The highest BCUT2D eigenvalue weighted by atomic mass is 16.7. The van der Waals surface area contributed by atoms with E-state index in [4.69, 9.17) is 9.47 Å². The molecule has 1 rings (SSSR count). The van der Waals surface area contributed by atoms with E-state index in [0.29, 0.717) is 19.3 Å². The molecule has 0 spiro atoms. The van der Waals surface area contributed by atoms with E-state index in [1.165, 1.54) is 103 Å². The van der Waals surface area contributed by atoms with Crippen LogP contribution in [0.3, 0.4) is 0 Å². The third kappa shape index (κ3) is 23.1. The van der Waals surface area contributed by atoms with Gasteiger partial charge in [-0.2, -0.15) is 0 Å². The Kier molecular flexibility index (Phi) is 30.5. The monoisotopic (exact) mass is 762 g/mol. The summed E-state index contributed by atoms with van der Waals surface area (Å²) in [5.41, 5.74) is 0. The Morgan fingerprint density at radius 3 is 1.58 bits per heavy atom. The van der Waals surface area contributed by atoms with E-state index in [9.17, 15) is 40.5 Å². The number of aliphatic hydroxyl groups excluding tert-OH is 7. The molecule has 53 heavy (non-hydrogen) atoms. The van der Waals surface area contributed by atoms with Gasteiger partial charge in [-0.1, -0.05) is 175 Å². The van der Waals surface area contributed by atoms with Crippen LogP contribution in [-0.2, 0) is 14.3 Å². The maximum Gasteiger partial charge on any atom is 0.249 e. The molecule has 1 fully saturated rings. The van der Waals surface area contributed by atoms with Crippen LogP contribution < -0.4 is 5.32 Å². The number of hydrogen-bond acceptors (Lipinski definition) is 10. The molecule has 8 N–H and O–H groups in total. The molecule has 11 heteroatoms. The molecule has 0 saturated carbocycles. The Morgan fingerprint density at radius 1 is 0.623 bits per heavy atom. The molecular formula is C42H83NO10. The number of rotatable bonds is 35. The first-order chi connectivity index (χ1) is 25.6. The predicted molar refractivity (Wildman–Crippen MR) is 210 cm³/mol. The Morgan fingerprint density at radius 2 is 1.09 bits per heavy atom. The van der Waals surface area contributed by atoms with Gasteiger partial charge in [0.2, 0.25) is 5.91 Å². The maximum absolute atomic E-state index is 13.0. The van der Waals surface area contributed by atoms with Crippen LogP contribution in [-0.4, -0.2) is 110 Å². The third-order valence-electron chi connectivity index (χ3n) is 11.0. The van der Waals surface area contributed by atoms with E-state index in [-0.39, 0.29) is 6.42 Å². The molecule has 316 valence electrons. The van der Waals surface area contributed by atoms with Crippen molar-refractivity contribution in [2.45, 2.75) is 243 Å². The van der Waals surface area contributed by atoms with Crippen molar-refractivity contribution < 1.29 is 50.0 Å². The number of carbonyl (C=O) groups is 1. The zero-order chi connectivity index (χ0) is 39.3. The second-order valence-corrected chi connectivity index (χ2v) is 16.1. The van der Waals surface area contributed by atoms with Crippen LogP contribution in [0.4, 0.5) is 0 Å². The molecule has 1 saturated heterocycles. The van der Waals surface area contributed by atoms with Crippen molar-refractivity contribution >= 4 is 5.91 Å². The van der Waals surface area contributed by atoms with E-state index in [1.54, 1.807) is 0 Å². The molecule has 10 unspecified atom stereocenters. The number of aliphatic hydroxyl groups is 7. The molecule has 0 aliphatic carbocycles. The highest BCUT2D eigenvalue weighted by Crippen LogP contribution is 2.23. The van der Waals surface area contributed by atoms with E-state index in [0.717, 1.165) is 44.4 Å². The summed E-state index contributed by atoms with van der Waals surface area (Å²) in [7, 11) is 0. The molecule has 0 bridgehead atoms. The Balaban J connectivity index is 2.51. The van der Waals surface area contributed by atoms with Crippen molar-refractivity contribution in [3.63, 3.8) is 0 Å². The summed E-state index contributed by atoms with van der Waals surface area (Å²) in [4.78, 5) is 13.0. The lowest BCUT2D eigenvalue weighted by molar-refractivity contribution is -0.303. The van der Waals surface area contributed by atoms with Crippen LogP contribution in [0.5, 0.6) is 0 Å². The van der Waals surface area contributed by atoms with Gasteiger partial charge in [0.1, 0.15) is 36.6 Å². The molecule has 0 aromatic carbocycles. The van der Waals surface area contributed by atoms with Crippen LogP contribution in [0, 0.1) is 5.92 Å². The molecule has 0 aromatic rings. The van der Waals surface area contributed by atoms with Crippen molar-refractivity contribution in [2.24, 2.45) is 5.92 Å². The van der Waals surface area contributed by atoms with Crippen LogP contribution in [0.15, 0.2) is 0 Å². The van der Waals surface area contributed by atoms with Crippen molar-refractivity contribution in [1.29, 1.82) is 0 Å². The average Bonchev–Trinajstić information content (AvgIpc) is 3.15. The van der Waals surface area contributed by atoms with Gasteiger partial charge < -0.3 is 50.5 Å². The number of nitrogens with one attached hydrogen (secondary N) is 1. The summed E-state index contributed by atoms with van der Waals surface area (Å²) in [6.45, 7) is 5.77. The fraction of sp³-hybridized carbons (Fsp3) is 0.976. The molecule has 1 aliphatic heterocycles. The Hall–Kier alpha value is -0.890. The van der Waals surface area contributed by atoms with Crippen molar-refractivity contribution in [2.75, 3.05) is 13.2 Å². The highest BCUT2D eigenvalue weighted by molar-refractivity contribution is 5.80. The van der Waals surface area contributed by atoms with Crippen LogP contribution in [0.1, 0.15) is 188 Å². The zero-order valence-corrected chi connectivity index (χ0v) is 33.9. The van der Waals surface area contributed by atoms with Gasteiger partial charge in [-0.25, -0.2) is 0 Å². The number of amides is 1. The summed E-state index contributed by atoms with van der Waals surface area (Å²) >= 11 is 0. The van der Waals surface area contributed by atoms with Crippen molar-refractivity contribution in [1.82, 2.24) is 5.32 Å². The van der Waals surface area contributed by atoms with Crippen LogP contribution in [0.2, 0.25) is 0 Å². The average molecular weight is 762 g/mol. The van der Waals surface area contributed by atoms with E-state index in [1.807, 2.05) is 0 Å².